The molecule has 0 saturated carbocycles. The largest absolute Gasteiger partial charge is 0.466 e. The van der Waals surface area contributed by atoms with Gasteiger partial charge in [0.2, 0.25) is 11.6 Å². The molecule has 3 heterocycles. The molecule has 0 fully saturated rings. The molecule has 0 atom stereocenters. The van der Waals surface area contributed by atoms with E-state index in [0.717, 1.165) is 10.8 Å². The zero-order valence-corrected chi connectivity index (χ0v) is 14.8. The van der Waals surface area contributed by atoms with Crippen LogP contribution < -0.4 is 11.1 Å². The third-order valence-corrected chi connectivity index (χ3v) is 3.81. The van der Waals surface area contributed by atoms with Gasteiger partial charge in [-0.3, -0.25) is 8.71 Å². The predicted molar refractivity (Wildman–Crippen MR) is 86.2 cm³/mol. The number of nitrogens with zero attached hydrogens (tertiary/aromatic N) is 4. The fourth-order valence-electron chi connectivity index (χ4n) is 1.98. The number of halogens is 1. The third kappa shape index (κ3) is 4.30. The Hall–Kier alpha value is -2.64. The molecule has 12 nitrogen and oxygen atoms in total. The fourth-order valence-corrected chi connectivity index (χ4v) is 2.54. The summed E-state index contributed by atoms with van der Waals surface area (Å²) in [6.07, 6.45) is 2.26. The average molecular weight is 406 g/mol. The number of anilines is 1. The molecule has 0 radical (unpaired) electrons. The minimum Gasteiger partial charge on any atom is -0.466 e. The highest BCUT2D eigenvalue weighted by Crippen LogP contribution is 2.23. The highest BCUT2D eigenvalue weighted by atomic mass is 35.5. The van der Waals surface area contributed by atoms with Crippen LogP contribution in [0, 0.1) is 0 Å². The van der Waals surface area contributed by atoms with Gasteiger partial charge in [-0.1, -0.05) is 16.8 Å². The molecule has 3 aromatic heterocycles. The Kier molecular flexibility index (Phi) is 5.11. The molecule has 0 aliphatic rings. The van der Waals surface area contributed by atoms with Gasteiger partial charge in [0, 0.05) is 12.6 Å². The van der Waals surface area contributed by atoms with Gasteiger partial charge in [0.05, 0.1) is 24.4 Å². The van der Waals surface area contributed by atoms with Crippen molar-refractivity contribution < 1.29 is 26.2 Å². The summed E-state index contributed by atoms with van der Waals surface area (Å²) in [4.78, 5) is 11.9. The van der Waals surface area contributed by atoms with Crippen LogP contribution in [-0.2, 0) is 20.8 Å². The van der Waals surface area contributed by atoms with Crippen LogP contribution >= 0.6 is 11.6 Å². The molecular formula is C12H12ClN5O7S. The molecular weight excluding hydrogens is 394 g/mol. The third-order valence-electron chi connectivity index (χ3n) is 3.01. The maximum Gasteiger partial charge on any atom is 0.442 e. The number of aromatic nitrogens is 4. The molecule has 14 heteroatoms. The van der Waals surface area contributed by atoms with Gasteiger partial charge < -0.3 is 9.73 Å². The Morgan fingerprint density at radius 3 is 2.85 bits per heavy atom. The summed E-state index contributed by atoms with van der Waals surface area (Å²) < 4.78 is 42.1. The second kappa shape index (κ2) is 7.31. The molecule has 0 amide bonds. The zero-order valence-electron chi connectivity index (χ0n) is 13.2. The van der Waals surface area contributed by atoms with E-state index >= 15 is 0 Å². The van der Waals surface area contributed by atoms with Gasteiger partial charge in [-0.15, -0.1) is 0 Å². The smallest absolute Gasteiger partial charge is 0.442 e. The predicted octanol–water partition coefficient (Wildman–Crippen LogP) is 0.569. The van der Waals surface area contributed by atoms with Gasteiger partial charge in [-0.05, 0) is 10.3 Å². The first-order valence-electron chi connectivity index (χ1n) is 7.04. The van der Waals surface area contributed by atoms with Crippen LogP contribution in [0.3, 0.4) is 0 Å². The zero-order chi connectivity index (χ0) is 18.7. The minimum atomic E-state index is -3.56. The van der Waals surface area contributed by atoms with E-state index in [2.05, 4.69) is 34.1 Å². The quantitative estimate of drug-likeness (QED) is 0.412. The van der Waals surface area contributed by atoms with Crippen molar-refractivity contribution in [3.8, 4) is 11.5 Å². The number of hydrogen-bond donors (Lipinski definition) is 1. The molecule has 0 saturated heterocycles. The van der Waals surface area contributed by atoms with E-state index in [0.29, 0.717) is 10.8 Å². The molecule has 0 aliphatic heterocycles. The standard InChI is InChI=1S/C12H12ClN5O7S/c1-26(20,21)23-3-2-14-10-9(15-25-16-10)11-17-24-12(19)18(11)5-8-4-7(13)6-22-8/h4,6H,2-3,5H2,1H3,(H,14,16). The second-order valence-electron chi connectivity index (χ2n) is 5.00. The van der Waals surface area contributed by atoms with E-state index in [1.54, 1.807) is 0 Å². The lowest BCUT2D eigenvalue weighted by Gasteiger charge is -2.04. The van der Waals surface area contributed by atoms with E-state index in [4.69, 9.17) is 16.0 Å². The number of rotatable bonds is 8. The molecule has 3 rings (SSSR count). The molecule has 0 unspecified atom stereocenters. The first-order chi connectivity index (χ1) is 12.3. The molecule has 1 N–H and O–H groups in total. The lowest BCUT2D eigenvalue weighted by Crippen LogP contribution is -2.17. The topological polar surface area (TPSA) is 155 Å². The summed E-state index contributed by atoms with van der Waals surface area (Å²) in [5, 5.41) is 14.1. The first kappa shape index (κ1) is 18.2. The van der Waals surface area contributed by atoms with Crippen LogP contribution in [0.2, 0.25) is 5.02 Å². The Balaban J connectivity index is 1.78. The maximum atomic E-state index is 11.9. The number of hydrogen-bond acceptors (Lipinski definition) is 11. The van der Waals surface area contributed by atoms with Crippen LogP contribution in [0.5, 0.6) is 0 Å². The van der Waals surface area contributed by atoms with E-state index < -0.39 is 15.9 Å². The van der Waals surface area contributed by atoms with E-state index in [1.807, 2.05) is 0 Å². The second-order valence-corrected chi connectivity index (χ2v) is 7.08. The molecule has 0 aliphatic carbocycles. The maximum absolute atomic E-state index is 11.9. The van der Waals surface area contributed by atoms with Crippen molar-refractivity contribution in [3.05, 3.63) is 33.7 Å². The molecule has 26 heavy (non-hydrogen) atoms. The van der Waals surface area contributed by atoms with Gasteiger partial charge >= 0.3 is 5.76 Å². The van der Waals surface area contributed by atoms with Crippen molar-refractivity contribution in [1.29, 1.82) is 0 Å². The summed E-state index contributed by atoms with van der Waals surface area (Å²) in [6, 6.07) is 1.54. The highest BCUT2D eigenvalue weighted by Gasteiger charge is 2.22. The molecule has 3 aromatic rings. The van der Waals surface area contributed by atoms with Gasteiger partial charge in [0.25, 0.3) is 10.1 Å². The van der Waals surface area contributed by atoms with E-state index in [-0.39, 0.29) is 37.0 Å². The SMILES string of the molecule is CS(=O)(=O)OCCNc1nonc1-c1noc(=O)n1Cc1cc(Cl)co1. The first-order valence-corrected chi connectivity index (χ1v) is 9.23. The van der Waals surface area contributed by atoms with Crippen molar-refractivity contribution in [2.24, 2.45) is 0 Å². The lowest BCUT2D eigenvalue weighted by molar-refractivity contribution is 0.308. The van der Waals surface area contributed by atoms with Gasteiger partial charge in [0.1, 0.15) is 12.0 Å². The normalized spacial score (nSPS) is 11.8. The molecule has 0 spiro atoms. The van der Waals surface area contributed by atoms with Crippen molar-refractivity contribution in [1.82, 2.24) is 20.0 Å². The Bertz CT molecular complexity index is 1050. The van der Waals surface area contributed by atoms with Crippen molar-refractivity contribution in [3.63, 3.8) is 0 Å². The minimum absolute atomic E-state index is 0.00608. The summed E-state index contributed by atoms with van der Waals surface area (Å²) >= 11 is 5.79. The lowest BCUT2D eigenvalue weighted by atomic mass is 10.3. The summed E-state index contributed by atoms with van der Waals surface area (Å²) in [5.41, 5.74) is 0.0906. The van der Waals surface area contributed by atoms with Crippen molar-refractivity contribution in [2.45, 2.75) is 6.54 Å². The summed E-state index contributed by atoms with van der Waals surface area (Å²) in [5.74, 6) is -0.187. The van der Waals surface area contributed by atoms with Crippen LogP contribution in [0.4, 0.5) is 5.82 Å². The Morgan fingerprint density at radius 1 is 1.35 bits per heavy atom. The van der Waals surface area contributed by atoms with Gasteiger partial charge in [0.15, 0.2) is 5.69 Å². The summed E-state index contributed by atoms with van der Waals surface area (Å²) in [7, 11) is -3.56. The molecule has 0 bridgehead atoms. The molecule has 140 valence electrons. The van der Waals surface area contributed by atoms with Gasteiger partial charge in [-0.2, -0.15) is 8.42 Å². The monoisotopic (exact) mass is 405 g/mol. The van der Waals surface area contributed by atoms with Gasteiger partial charge in [-0.25, -0.2) is 14.0 Å². The highest BCUT2D eigenvalue weighted by molar-refractivity contribution is 7.85. The van der Waals surface area contributed by atoms with E-state index in [1.165, 1.54) is 12.3 Å². The van der Waals surface area contributed by atoms with Crippen LogP contribution in [-0.4, -0.2) is 47.9 Å². The molecule has 0 aromatic carbocycles. The number of furan rings is 1. The Morgan fingerprint density at radius 2 is 2.15 bits per heavy atom. The Labute approximate surface area is 150 Å². The van der Waals surface area contributed by atoms with Crippen LogP contribution in [0.25, 0.3) is 11.5 Å². The average Bonchev–Trinajstić information content (AvgIpc) is 3.26. The van der Waals surface area contributed by atoms with Crippen molar-refractivity contribution >= 4 is 27.5 Å². The van der Waals surface area contributed by atoms with Crippen LogP contribution in [0.15, 0.2) is 30.7 Å². The summed E-state index contributed by atoms with van der Waals surface area (Å²) in [6.45, 7) is -0.0559. The number of nitrogens with one attached hydrogen (secondary N) is 1. The van der Waals surface area contributed by atoms with Crippen molar-refractivity contribution in [2.75, 3.05) is 24.7 Å². The van der Waals surface area contributed by atoms with E-state index in [9.17, 15) is 13.2 Å². The van der Waals surface area contributed by atoms with Crippen LogP contribution in [0.1, 0.15) is 5.76 Å². The fraction of sp³-hybridized carbons (Fsp3) is 0.333.